The zero-order chi connectivity index (χ0) is 18.1. The molecule has 0 aliphatic heterocycles. The number of amides is 1. The average molecular weight is 368 g/mol. The Balaban J connectivity index is 1.92. The predicted octanol–water partition coefficient (Wildman–Crippen LogP) is 2.79. The van der Waals surface area contributed by atoms with Crippen molar-refractivity contribution in [1.82, 2.24) is 10.3 Å². The fourth-order valence-electron chi connectivity index (χ4n) is 2.11. The zero-order valence-corrected chi connectivity index (χ0v) is 15.0. The molecular formula is C17H21ClN2O5. The number of oxazole rings is 1. The van der Waals surface area contributed by atoms with Crippen molar-refractivity contribution in [3.63, 3.8) is 0 Å². The number of rotatable bonds is 10. The first kappa shape index (κ1) is 19.2. The molecule has 2 aromatic rings. The molecule has 25 heavy (non-hydrogen) atoms. The van der Waals surface area contributed by atoms with Gasteiger partial charge in [0.15, 0.2) is 17.8 Å². The van der Waals surface area contributed by atoms with Crippen molar-refractivity contribution >= 4 is 17.5 Å². The lowest BCUT2D eigenvalue weighted by Gasteiger charge is -2.07. The molecule has 1 heterocycles. The summed E-state index contributed by atoms with van der Waals surface area (Å²) in [6, 6.07) is 5.11. The Labute approximate surface area is 151 Å². The van der Waals surface area contributed by atoms with Crippen LogP contribution in [0.3, 0.4) is 0 Å². The molecule has 0 bridgehead atoms. The Hall–Kier alpha value is -2.09. The van der Waals surface area contributed by atoms with E-state index in [0.29, 0.717) is 55.1 Å². The summed E-state index contributed by atoms with van der Waals surface area (Å²) in [6.45, 7) is 4.36. The summed E-state index contributed by atoms with van der Waals surface area (Å²) in [6.07, 6.45) is 1.22. The monoisotopic (exact) mass is 367 g/mol. The highest BCUT2D eigenvalue weighted by molar-refractivity contribution is 6.32. The van der Waals surface area contributed by atoms with Gasteiger partial charge in [-0.25, -0.2) is 4.98 Å². The van der Waals surface area contributed by atoms with E-state index in [1.165, 1.54) is 13.5 Å². The summed E-state index contributed by atoms with van der Waals surface area (Å²) in [7, 11) is 1.53. The number of nitrogens with one attached hydrogen (secondary N) is 1. The van der Waals surface area contributed by atoms with Crippen molar-refractivity contribution in [2.75, 3.05) is 40.1 Å². The smallest absolute Gasteiger partial charge is 0.274 e. The van der Waals surface area contributed by atoms with Crippen LogP contribution < -0.4 is 10.1 Å². The number of carbonyl (C=O) groups excluding carboxylic acids is 1. The van der Waals surface area contributed by atoms with Crippen LogP contribution in [0.15, 0.2) is 29.0 Å². The van der Waals surface area contributed by atoms with E-state index in [1.807, 2.05) is 6.92 Å². The molecule has 0 saturated carbocycles. The number of hydrogen-bond acceptors (Lipinski definition) is 6. The largest absolute Gasteiger partial charge is 0.495 e. The van der Waals surface area contributed by atoms with Gasteiger partial charge in [-0.05, 0) is 25.1 Å². The van der Waals surface area contributed by atoms with Crippen LogP contribution in [-0.4, -0.2) is 51.0 Å². The second-order valence-electron chi connectivity index (χ2n) is 4.94. The van der Waals surface area contributed by atoms with E-state index < -0.39 is 0 Å². The highest BCUT2D eigenvalue weighted by Crippen LogP contribution is 2.31. The predicted molar refractivity (Wildman–Crippen MR) is 93.1 cm³/mol. The molecule has 1 amide bonds. The minimum atomic E-state index is -0.343. The number of benzene rings is 1. The Morgan fingerprint density at radius 2 is 2.08 bits per heavy atom. The third kappa shape index (κ3) is 5.45. The first-order valence-electron chi connectivity index (χ1n) is 7.88. The number of carbonyl (C=O) groups is 1. The maximum atomic E-state index is 12.3. The van der Waals surface area contributed by atoms with E-state index in [1.54, 1.807) is 18.2 Å². The number of methoxy groups -OCH3 is 1. The van der Waals surface area contributed by atoms with Crippen LogP contribution in [0.4, 0.5) is 0 Å². The number of nitrogens with zero attached hydrogens (tertiary/aromatic N) is 1. The van der Waals surface area contributed by atoms with E-state index in [9.17, 15) is 4.79 Å². The molecule has 0 fully saturated rings. The zero-order valence-electron chi connectivity index (χ0n) is 14.2. The Morgan fingerprint density at radius 1 is 1.28 bits per heavy atom. The first-order chi connectivity index (χ1) is 12.2. The maximum Gasteiger partial charge on any atom is 0.274 e. The van der Waals surface area contributed by atoms with Crippen LogP contribution in [0.5, 0.6) is 5.75 Å². The Morgan fingerprint density at radius 3 is 2.80 bits per heavy atom. The molecule has 0 aliphatic rings. The molecule has 1 aromatic heterocycles. The second-order valence-corrected chi connectivity index (χ2v) is 5.35. The van der Waals surface area contributed by atoms with E-state index in [2.05, 4.69) is 10.3 Å². The van der Waals surface area contributed by atoms with Gasteiger partial charge < -0.3 is 23.9 Å². The van der Waals surface area contributed by atoms with Gasteiger partial charge in [-0.1, -0.05) is 11.6 Å². The van der Waals surface area contributed by atoms with Gasteiger partial charge in [0.25, 0.3) is 5.91 Å². The molecule has 0 radical (unpaired) electrons. The summed E-state index contributed by atoms with van der Waals surface area (Å²) in [4.78, 5) is 16.3. The van der Waals surface area contributed by atoms with Crippen LogP contribution in [0.1, 0.15) is 17.4 Å². The topological polar surface area (TPSA) is 82.8 Å². The van der Waals surface area contributed by atoms with Crippen molar-refractivity contribution in [3.8, 4) is 17.1 Å². The lowest BCUT2D eigenvalue weighted by molar-refractivity contribution is 0.0531. The molecule has 0 unspecified atom stereocenters. The normalized spacial score (nSPS) is 10.7. The van der Waals surface area contributed by atoms with Crippen LogP contribution in [-0.2, 0) is 9.47 Å². The van der Waals surface area contributed by atoms with E-state index in [-0.39, 0.29) is 11.6 Å². The minimum Gasteiger partial charge on any atom is -0.495 e. The fourth-order valence-corrected chi connectivity index (χ4v) is 2.36. The third-order valence-corrected chi connectivity index (χ3v) is 3.60. The van der Waals surface area contributed by atoms with Crippen LogP contribution >= 0.6 is 11.6 Å². The molecule has 0 spiro atoms. The van der Waals surface area contributed by atoms with E-state index in [4.69, 9.17) is 30.2 Å². The number of halogens is 1. The summed E-state index contributed by atoms with van der Waals surface area (Å²) < 4.78 is 21.0. The van der Waals surface area contributed by atoms with E-state index in [0.717, 1.165) is 0 Å². The highest BCUT2D eigenvalue weighted by atomic mass is 35.5. The van der Waals surface area contributed by atoms with Crippen molar-refractivity contribution < 1.29 is 23.4 Å². The van der Waals surface area contributed by atoms with Crippen molar-refractivity contribution in [2.24, 2.45) is 0 Å². The molecule has 8 heteroatoms. The average Bonchev–Trinajstić information content (AvgIpc) is 3.10. The standard InChI is InChI=1S/C17H21ClN2O5/c1-3-23-8-9-24-7-6-19-17(21)15-16(25-11-20-15)12-4-5-14(22-2)13(18)10-12/h4-5,10-11H,3,6-9H2,1-2H3,(H,19,21)/i17-1. The molecule has 7 nitrogen and oxygen atoms in total. The number of aromatic nitrogens is 1. The number of hydrogen-bond donors (Lipinski definition) is 1. The summed E-state index contributed by atoms with van der Waals surface area (Å²) in [5.74, 6) is 0.545. The fraction of sp³-hybridized carbons (Fsp3) is 0.412. The van der Waals surface area contributed by atoms with E-state index >= 15 is 0 Å². The van der Waals surface area contributed by atoms with Gasteiger partial charge in [0.05, 0.1) is 32.0 Å². The van der Waals surface area contributed by atoms with Gasteiger partial charge in [-0.15, -0.1) is 0 Å². The van der Waals surface area contributed by atoms with Crippen LogP contribution in [0.25, 0.3) is 11.3 Å². The molecular weight excluding hydrogens is 347 g/mol. The molecule has 2 rings (SSSR count). The van der Waals surface area contributed by atoms with Gasteiger partial charge in [-0.3, -0.25) is 4.79 Å². The van der Waals surface area contributed by atoms with Crippen molar-refractivity contribution in [1.29, 1.82) is 0 Å². The molecule has 136 valence electrons. The van der Waals surface area contributed by atoms with Crippen molar-refractivity contribution in [3.05, 3.63) is 35.3 Å². The van der Waals surface area contributed by atoms with Gasteiger partial charge in [0, 0.05) is 18.7 Å². The molecule has 0 aliphatic carbocycles. The maximum absolute atomic E-state index is 12.3. The van der Waals surface area contributed by atoms with Gasteiger partial charge in [0.2, 0.25) is 0 Å². The lowest BCUT2D eigenvalue weighted by Crippen LogP contribution is -2.28. The minimum absolute atomic E-state index is 0.190. The Kier molecular flexibility index (Phi) is 7.72. The van der Waals surface area contributed by atoms with Crippen LogP contribution in [0, 0.1) is 0 Å². The third-order valence-electron chi connectivity index (χ3n) is 3.30. The molecule has 0 saturated heterocycles. The summed E-state index contributed by atoms with van der Waals surface area (Å²) >= 11 is 6.12. The van der Waals surface area contributed by atoms with Crippen molar-refractivity contribution in [2.45, 2.75) is 6.92 Å². The van der Waals surface area contributed by atoms with Gasteiger partial charge in [-0.2, -0.15) is 0 Å². The second kappa shape index (κ2) is 10.0. The quantitative estimate of drug-likeness (QED) is 0.650. The molecule has 0 atom stereocenters. The lowest BCUT2D eigenvalue weighted by atomic mass is 9.91. The molecule has 1 N–H and O–H groups in total. The van der Waals surface area contributed by atoms with Gasteiger partial charge >= 0.3 is 0 Å². The van der Waals surface area contributed by atoms with Crippen LogP contribution in [0.2, 0.25) is 5.02 Å². The highest BCUT2D eigenvalue weighted by Gasteiger charge is 2.18. The Bertz CT molecular complexity index is 689. The summed E-state index contributed by atoms with van der Waals surface area (Å²) in [5, 5.41) is 3.16. The SMILES string of the molecule is CCOCCOCCN[11C](=O)c1ncoc1-c1ccc(OC)c(Cl)c1. The first-order valence-corrected chi connectivity index (χ1v) is 8.26. The molecule has 1 aromatic carbocycles. The number of ether oxygens (including phenoxy) is 3. The van der Waals surface area contributed by atoms with Gasteiger partial charge in [0.1, 0.15) is 5.75 Å². The summed E-state index contributed by atoms with van der Waals surface area (Å²) in [5.41, 5.74) is 0.831.